The van der Waals surface area contributed by atoms with Crippen LogP contribution in [0.2, 0.25) is 0 Å². The monoisotopic (exact) mass is 272 g/mol. The molecule has 5 nitrogen and oxygen atoms in total. The number of ether oxygens (including phenoxy) is 1. The number of fused-ring (bicyclic) bond motifs is 1. The first-order chi connectivity index (χ1) is 9.69. The van der Waals surface area contributed by atoms with Crippen molar-refractivity contribution in [3.05, 3.63) is 42.5 Å². The molecule has 0 aliphatic heterocycles. The summed E-state index contributed by atoms with van der Waals surface area (Å²) in [6.45, 7) is -0.161. The molecule has 0 spiro atoms. The fourth-order valence-electron chi connectivity index (χ4n) is 1.72. The van der Waals surface area contributed by atoms with Gasteiger partial charge in [-0.05, 0) is 22.9 Å². The van der Waals surface area contributed by atoms with Crippen LogP contribution in [-0.2, 0) is 9.59 Å². The maximum atomic E-state index is 11.5. The summed E-state index contributed by atoms with van der Waals surface area (Å²) in [5.41, 5.74) is 0. The van der Waals surface area contributed by atoms with E-state index in [2.05, 4.69) is 10.6 Å². The molecule has 5 heteroatoms. The molecule has 0 bridgehead atoms. The Hall–Kier alpha value is -2.56. The van der Waals surface area contributed by atoms with E-state index in [1.54, 1.807) is 0 Å². The number of benzene rings is 2. The van der Waals surface area contributed by atoms with E-state index < -0.39 is 0 Å². The van der Waals surface area contributed by atoms with E-state index in [1.165, 1.54) is 7.05 Å². The predicted molar refractivity (Wildman–Crippen MR) is 76.5 cm³/mol. The fraction of sp³-hybridized carbons (Fsp3) is 0.200. The Labute approximate surface area is 116 Å². The number of amides is 2. The van der Waals surface area contributed by atoms with Gasteiger partial charge in [-0.2, -0.15) is 0 Å². The van der Waals surface area contributed by atoms with Crippen LogP contribution in [-0.4, -0.2) is 32.0 Å². The summed E-state index contributed by atoms with van der Waals surface area (Å²) < 4.78 is 5.40. The molecule has 0 radical (unpaired) electrons. The first-order valence-electron chi connectivity index (χ1n) is 6.28. The number of hydrogen-bond donors (Lipinski definition) is 2. The second-order valence-corrected chi connectivity index (χ2v) is 4.25. The molecular formula is C15H16N2O3. The second-order valence-electron chi connectivity index (χ2n) is 4.25. The summed E-state index contributed by atoms with van der Waals surface area (Å²) in [6.07, 6.45) is 0. The number of hydrogen-bond acceptors (Lipinski definition) is 3. The van der Waals surface area contributed by atoms with Crippen molar-refractivity contribution in [1.29, 1.82) is 0 Å². The molecule has 0 aliphatic carbocycles. The van der Waals surface area contributed by atoms with Crippen LogP contribution in [0.1, 0.15) is 0 Å². The van der Waals surface area contributed by atoms with Crippen molar-refractivity contribution in [3.8, 4) is 5.75 Å². The Morgan fingerprint density at radius 2 is 1.80 bits per heavy atom. The minimum atomic E-state index is -0.332. The van der Waals surface area contributed by atoms with Gasteiger partial charge in [0.2, 0.25) is 5.91 Å². The molecule has 104 valence electrons. The first-order valence-corrected chi connectivity index (χ1v) is 6.28. The van der Waals surface area contributed by atoms with Gasteiger partial charge in [0.1, 0.15) is 5.75 Å². The number of nitrogens with one attached hydrogen (secondary N) is 2. The molecule has 0 aliphatic rings. The molecule has 0 heterocycles. The van der Waals surface area contributed by atoms with E-state index in [0.717, 1.165) is 10.8 Å². The smallest absolute Gasteiger partial charge is 0.258 e. The summed E-state index contributed by atoms with van der Waals surface area (Å²) in [5, 5.41) is 7.05. The van der Waals surface area contributed by atoms with Gasteiger partial charge in [-0.1, -0.05) is 30.3 Å². The van der Waals surface area contributed by atoms with Gasteiger partial charge in [0.05, 0.1) is 6.54 Å². The summed E-state index contributed by atoms with van der Waals surface area (Å²) in [7, 11) is 1.51. The van der Waals surface area contributed by atoms with Gasteiger partial charge in [0.15, 0.2) is 6.61 Å². The van der Waals surface area contributed by atoms with Crippen LogP contribution in [0.3, 0.4) is 0 Å². The van der Waals surface area contributed by atoms with Gasteiger partial charge in [-0.15, -0.1) is 0 Å². The highest BCUT2D eigenvalue weighted by Crippen LogP contribution is 2.20. The second kappa shape index (κ2) is 6.56. The zero-order chi connectivity index (χ0) is 14.4. The van der Waals surface area contributed by atoms with Crippen molar-refractivity contribution in [2.45, 2.75) is 0 Å². The maximum Gasteiger partial charge on any atom is 0.258 e. The van der Waals surface area contributed by atoms with Gasteiger partial charge in [0, 0.05) is 7.05 Å². The lowest BCUT2D eigenvalue weighted by atomic mass is 10.1. The van der Waals surface area contributed by atoms with E-state index in [9.17, 15) is 9.59 Å². The zero-order valence-corrected chi connectivity index (χ0v) is 11.2. The van der Waals surface area contributed by atoms with E-state index in [-0.39, 0.29) is 25.0 Å². The molecule has 0 unspecified atom stereocenters. The van der Waals surface area contributed by atoms with Crippen LogP contribution in [0.15, 0.2) is 42.5 Å². The predicted octanol–water partition coefficient (Wildman–Crippen LogP) is 1.08. The van der Waals surface area contributed by atoms with Crippen molar-refractivity contribution in [3.63, 3.8) is 0 Å². The average molecular weight is 272 g/mol. The van der Waals surface area contributed by atoms with Gasteiger partial charge >= 0.3 is 0 Å². The molecule has 0 atom stereocenters. The SMILES string of the molecule is CNC(=O)CNC(=O)COc1ccc2ccccc2c1. The van der Waals surface area contributed by atoms with Crippen molar-refractivity contribution in [2.75, 3.05) is 20.2 Å². The van der Waals surface area contributed by atoms with E-state index >= 15 is 0 Å². The molecule has 0 saturated carbocycles. The zero-order valence-electron chi connectivity index (χ0n) is 11.2. The van der Waals surface area contributed by atoms with Gasteiger partial charge in [-0.3, -0.25) is 9.59 Å². The molecule has 0 fully saturated rings. The van der Waals surface area contributed by atoms with Crippen molar-refractivity contribution >= 4 is 22.6 Å². The largest absolute Gasteiger partial charge is 0.484 e. The molecular weight excluding hydrogens is 256 g/mol. The fourth-order valence-corrected chi connectivity index (χ4v) is 1.72. The van der Waals surface area contributed by atoms with E-state index in [0.29, 0.717) is 5.75 Å². The third kappa shape index (κ3) is 3.71. The lowest BCUT2D eigenvalue weighted by molar-refractivity contribution is -0.127. The van der Waals surface area contributed by atoms with Crippen LogP contribution in [0, 0.1) is 0 Å². The molecule has 20 heavy (non-hydrogen) atoms. The van der Waals surface area contributed by atoms with Crippen molar-refractivity contribution in [1.82, 2.24) is 10.6 Å². The Bertz CT molecular complexity index is 625. The van der Waals surface area contributed by atoms with Crippen LogP contribution in [0.4, 0.5) is 0 Å². The topological polar surface area (TPSA) is 67.4 Å². The summed E-state index contributed by atoms with van der Waals surface area (Å²) in [5.74, 6) is 0.0459. The van der Waals surface area contributed by atoms with Crippen LogP contribution in [0.25, 0.3) is 10.8 Å². The molecule has 2 aromatic carbocycles. The minimum Gasteiger partial charge on any atom is -0.484 e. The lowest BCUT2D eigenvalue weighted by Gasteiger charge is -2.08. The molecule has 0 saturated heterocycles. The lowest BCUT2D eigenvalue weighted by Crippen LogP contribution is -2.37. The molecule has 2 amide bonds. The molecule has 2 aromatic rings. The van der Waals surface area contributed by atoms with Gasteiger partial charge < -0.3 is 15.4 Å². The number of carbonyl (C=O) groups is 2. The van der Waals surface area contributed by atoms with Crippen LogP contribution < -0.4 is 15.4 Å². The Kier molecular flexibility index (Phi) is 4.55. The summed E-state index contributed by atoms with van der Waals surface area (Å²) in [4.78, 5) is 22.5. The standard InChI is InChI=1S/C15H16N2O3/c1-16-14(18)9-17-15(19)10-20-13-7-6-11-4-2-3-5-12(11)8-13/h2-8H,9-10H2,1H3,(H,16,18)(H,17,19). The normalized spacial score (nSPS) is 10.1. The third-order valence-corrected chi connectivity index (χ3v) is 2.82. The maximum absolute atomic E-state index is 11.5. The highest BCUT2D eigenvalue weighted by atomic mass is 16.5. The van der Waals surface area contributed by atoms with Crippen molar-refractivity contribution in [2.24, 2.45) is 0 Å². The number of carbonyl (C=O) groups excluding carboxylic acids is 2. The average Bonchev–Trinajstić information content (AvgIpc) is 2.50. The van der Waals surface area contributed by atoms with Crippen LogP contribution in [0.5, 0.6) is 5.75 Å². The third-order valence-electron chi connectivity index (χ3n) is 2.82. The Morgan fingerprint density at radius 3 is 2.55 bits per heavy atom. The number of rotatable bonds is 5. The first kappa shape index (κ1) is 13.9. The quantitative estimate of drug-likeness (QED) is 0.856. The Balaban J connectivity index is 1.89. The molecule has 0 aromatic heterocycles. The minimum absolute atomic E-state index is 0.0452. The summed E-state index contributed by atoms with van der Waals surface area (Å²) >= 11 is 0. The Morgan fingerprint density at radius 1 is 1.05 bits per heavy atom. The van der Waals surface area contributed by atoms with Crippen LogP contribution >= 0.6 is 0 Å². The summed E-state index contributed by atoms with van der Waals surface area (Å²) in [6, 6.07) is 13.5. The highest BCUT2D eigenvalue weighted by Gasteiger charge is 2.05. The molecule has 2 N–H and O–H groups in total. The highest BCUT2D eigenvalue weighted by molar-refractivity contribution is 5.86. The van der Waals surface area contributed by atoms with Gasteiger partial charge in [0.25, 0.3) is 5.91 Å². The number of likely N-dealkylation sites (N-methyl/N-ethyl adjacent to an activating group) is 1. The van der Waals surface area contributed by atoms with Crippen molar-refractivity contribution < 1.29 is 14.3 Å². The van der Waals surface area contributed by atoms with E-state index in [4.69, 9.17) is 4.74 Å². The van der Waals surface area contributed by atoms with E-state index in [1.807, 2.05) is 42.5 Å². The van der Waals surface area contributed by atoms with Gasteiger partial charge in [-0.25, -0.2) is 0 Å². The molecule has 2 rings (SSSR count).